The lowest BCUT2D eigenvalue weighted by Gasteiger charge is -2.15. The van der Waals surface area contributed by atoms with Gasteiger partial charge in [0, 0.05) is 31.6 Å². The molecule has 10 heteroatoms. The number of para-hydroxylation sites is 1. The van der Waals surface area contributed by atoms with Crippen molar-refractivity contribution in [1.29, 1.82) is 0 Å². The number of benzene rings is 3. The van der Waals surface area contributed by atoms with Crippen molar-refractivity contribution in [3.63, 3.8) is 0 Å². The number of fused-ring (bicyclic) bond motifs is 1. The van der Waals surface area contributed by atoms with Crippen LogP contribution >= 0.6 is 0 Å². The van der Waals surface area contributed by atoms with Crippen molar-refractivity contribution in [2.45, 2.75) is 38.9 Å². The van der Waals surface area contributed by atoms with Crippen molar-refractivity contribution < 1.29 is 27.9 Å². The molecule has 3 N–H and O–H groups in total. The molecule has 5 rings (SSSR count). The SMILES string of the molecule is Cc1cccc2[nH]c(-c3cccc(-c4cccc(CNCCCN5CCCC5=O)c4)c3)nc12.O=C(O)C(F)(F)F. The number of carbonyl (C=O) groups is 2. The molecule has 210 valence electrons. The number of rotatable bonds is 8. The minimum absolute atomic E-state index is 0.308. The number of aryl methyl sites for hydroxylation is 1. The Morgan fingerprint density at radius 2 is 1.73 bits per heavy atom. The van der Waals surface area contributed by atoms with Crippen molar-refractivity contribution >= 4 is 22.9 Å². The Morgan fingerprint density at radius 3 is 2.40 bits per heavy atom. The lowest BCUT2D eigenvalue weighted by Crippen LogP contribution is -2.28. The summed E-state index contributed by atoms with van der Waals surface area (Å²) in [4.78, 5) is 30.9. The Hall–Kier alpha value is -4.18. The first kappa shape index (κ1) is 28.8. The molecule has 0 bridgehead atoms. The summed E-state index contributed by atoms with van der Waals surface area (Å²) in [5.74, 6) is -1.55. The number of aromatic nitrogens is 2. The van der Waals surface area contributed by atoms with E-state index in [1.165, 1.54) is 22.3 Å². The number of hydrogen-bond donors (Lipinski definition) is 3. The van der Waals surface area contributed by atoms with E-state index in [-0.39, 0.29) is 0 Å². The second kappa shape index (κ2) is 12.8. The molecule has 0 radical (unpaired) electrons. The molecular formula is C30H31F3N4O3. The van der Waals surface area contributed by atoms with Crippen LogP contribution in [0.4, 0.5) is 13.2 Å². The predicted octanol–water partition coefficient (Wildman–Crippen LogP) is 5.94. The maximum Gasteiger partial charge on any atom is 0.490 e. The van der Waals surface area contributed by atoms with E-state index in [0.29, 0.717) is 5.91 Å². The van der Waals surface area contributed by atoms with Crippen molar-refractivity contribution in [1.82, 2.24) is 20.2 Å². The number of alkyl halides is 3. The van der Waals surface area contributed by atoms with E-state index >= 15 is 0 Å². The van der Waals surface area contributed by atoms with Crippen LogP contribution in [-0.2, 0) is 16.1 Å². The summed E-state index contributed by atoms with van der Waals surface area (Å²) in [6.07, 6.45) is -2.36. The third kappa shape index (κ3) is 7.47. The van der Waals surface area contributed by atoms with Crippen LogP contribution in [0.15, 0.2) is 66.7 Å². The van der Waals surface area contributed by atoms with Crippen molar-refractivity contribution in [3.8, 4) is 22.5 Å². The fourth-order valence-corrected chi connectivity index (χ4v) is 4.59. The van der Waals surface area contributed by atoms with Crippen LogP contribution in [0.2, 0.25) is 0 Å². The first-order valence-corrected chi connectivity index (χ1v) is 13.1. The summed E-state index contributed by atoms with van der Waals surface area (Å²) in [5.41, 5.74) is 8.00. The maximum absolute atomic E-state index is 11.7. The molecule has 1 saturated heterocycles. The molecule has 1 amide bonds. The summed E-state index contributed by atoms with van der Waals surface area (Å²) < 4.78 is 31.7. The highest BCUT2D eigenvalue weighted by Crippen LogP contribution is 2.27. The van der Waals surface area contributed by atoms with Crippen molar-refractivity contribution in [2.24, 2.45) is 0 Å². The summed E-state index contributed by atoms with van der Waals surface area (Å²) in [6, 6.07) is 23.5. The molecule has 1 aliphatic rings. The summed E-state index contributed by atoms with van der Waals surface area (Å²) in [7, 11) is 0. The zero-order chi connectivity index (χ0) is 28.7. The number of carbonyl (C=O) groups excluding carboxylic acids is 1. The van der Waals surface area contributed by atoms with Crippen LogP contribution < -0.4 is 5.32 Å². The third-order valence-corrected chi connectivity index (χ3v) is 6.64. The van der Waals surface area contributed by atoms with Gasteiger partial charge in [0.2, 0.25) is 5.91 Å². The van der Waals surface area contributed by atoms with Gasteiger partial charge in [-0.2, -0.15) is 13.2 Å². The molecule has 0 unspecified atom stereocenters. The number of imidazole rings is 1. The Labute approximate surface area is 230 Å². The molecule has 1 aromatic heterocycles. The zero-order valence-corrected chi connectivity index (χ0v) is 22.1. The summed E-state index contributed by atoms with van der Waals surface area (Å²) in [5, 5.41) is 10.6. The van der Waals surface area contributed by atoms with E-state index in [0.717, 1.165) is 67.9 Å². The monoisotopic (exact) mass is 552 g/mol. The number of hydrogen-bond acceptors (Lipinski definition) is 4. The fourth-order valence-electron chi connectivity index (χ4n) is 4.59. The Kier molecular flexibility index (Phi) is 9.21. The maximum atomic E-state index is 11.7. The molecule has 2 heterocycles. The Bertz CT molecular complexity index is 1480. The largest absolute Gasteiger partial charge is 0.490 e. The van der Waals surface area contributed by atoms with Crippen LogP contribution in [-0.4, -0.2) is 57.7 Å². The minimum Gasteiger partial charge on any atom is -0.475 e. The fraction of sp³-hybridized carbons (Fsp3) is 0.300. The lowest BCUT2D eigenvalue weighted by atomic mass is 10.0. The summed E-state index contributed by atoms with van der Waals surface area (Å²) >= 11 is 0. The lowest BCUT2D eigenvalue weighted by molar-refractivity contribution is -0.192. The molecule has 3 aromatic carbocycles. The van der Waals surface area contributed by atoms with E-state index in [2.05, 4.69) is 84.0 Å². The number of aromatic amines is 1. The quantitative estimate of drug-likeness (QED) is 0.235. The molecule has 40 heavy (non-hydrogen) atoms. The smallest absolute Gasteiger partial charge is 0.475 e. The van der Waals surface area contributed by atoms with Crippen LogP contribution in [0.5, 0.6) is 0 Å². The first-order chi connectivity index (χ1) is 19.1. The summed E-state index contributed by atoms with van der Waals surface area (Å²) in [6.45, 7) is 5.61. The minimum atomic E-state index is -5.08. The second-order valence-corrected chi connectivity index (χ2v) is 9.66. The van der Waals surface area contributed by atoms with E-state index in [1.54, 1.807) is 0 Å². The van der Waals surface area contributed by atoms with E-state index < -0.39 is 12.1 Å². The first-order valence-electron chi connectivity index (χ1n) is 13.1. The van der Waals surface area contributed by atoms with Crippen LogP contribution in [0, 0.1) is 6.92 Å². The Morgan fingerprint density at radius 1 is 1.05 bits per heavy atom. The molecule has 0 spiro atoms. The van der Waals surface area contributed by atoms with Gasteiger partial charge in [-0.1, -0.05) is 48.5 Å². The van der Waals surface area contributed by atoms with Gasteiger partial charge in [-0.3, -0.25) is 4.79 Å². The number of nitrogens with one attached hydrogen (secondary N) is 2. The average molecular weight is 553 g/mol. The van der Waals surface area contributed by atoms with Crippen molar-refractivity contribution in [2.75, 3.05) is 19.6 Å². The molecule has 0 atom stereocenters. The van der Waals surface area contributed by atoms with Gasteiger partial charge in [-0.05, 0) is 66.8 Å². The van der Waals surface area contributed by atoms with Gasteiger partial charge >= 0.3 is 12.1 Å². The number of carboxylic acid groups (broad SMARTS) is 1. The van der Waals surface area contributed by atoms with Gasteiger partial charge in [0.05, 0.1) is 11.0 Å². The van der Waals surface area contributed by atoms with Gasteiger partial charge in [0.15, 0.2) is 0 Å². The van der Waals surface area contributed by atoms with Crippen LogP contribution in [0.3, 0.4) is 0 Å². The normalized spacial score (nSPS) is 13.4. The van der Waals surface area contributed by atoms with E-state index in [9.17, 15) is 18.0 Å². The number of H-pyrrole nitrogens is 1. The molecule has 1 aliphatic heterocycles. The zero-order valence-electron chi connectivity index (χ0n) is 22.1. The number of halogens is 3. The molecule has 7 nitrogen and oxygen atoms in total. The Balaban J connectivity index is 0.000000470. The molecule has 1 fully saturated rings. The van der Waals surface area contributed by atoms with Gasteiger partial charge in [0.25, 0.3) is 0 Å². The third-order valence-electron chi connectivity index (χ3n) is 6.64. The van der Waals surface area contributed by atoms with Crippen LogP contribution in [0.1, 0.15) is 30.4 Å². The van der Waals surface area contributed by atoms with Gasteiger partial charge in [-0.25, -0.2) is 9.78 Å². The van der Waals surface area contributed by atoms with Gasteiger partial charge in [-0.15, -0.1) is 0 Å². The van der Waals surface area contributed by atoms with Gasteiger partial charge in [0.1, 0.15) is 5.82 Å². The molecule has 0 saturated carbocycles. The average Bonchev–Trinajstić information content (AvgIpc) is 3.55. The van der Waals surface area contributed by atoms with E-state index in [4.69, 9.17) is 14.9 Å². The van der Waals surface area contributed by atoms with Gasteiger partial charge < -0.3 is 20.3 Å². The molecular weight excluding hydrogens is 521 g/mol. The topological polar surface area (TPSA) is 98.3 Å². The molecule has 4 aromatic rings. The highest BCUT2D eigenvalue weighted by atomic mass is 19.4. The standard InChI is InChI=1S/C28H30N4O.C2HF3O2/c1-20-7-2-12-25-27(20)31-28(30-25)24-11-4-10-23(18-24)22-9-3-8-21(17-22)19-29-14-6-16-32-15-5-13-26(32)33;3-2(4,5)1(6)7/h2-4,7-12,17-18,29H,5-6,13-16,19H2,1H3,(H,30,31);(H,6,7). The highest BCUT2D eigenvalue weighted by molar-refractivity contribution is 5.83. The number of likely N-dealkylation sites (tertiary alicyclic amines) is 1. The van der Waals surface area contributed by atoms with Crippen molar-refractivity contribution in [3.05, 3.63) is 77.9 Å². The number of aliphatic carboxylic acids is 1. The number of nitrogens with zero attached hydrogens (tertiary/aromatic N) is 2. The second-order valence-electron chi connectivity index (χ2n) is 9.66. The molecule has 0 aliphatic carbocycles. The number of carboxylic acids is 1. The predicted molar refractivity (Wildman–Crippen MR) is 148 cm³/mol. The highest BCUT2D eigenvalue weighted by Gasteiger charge is 2.38. The van der Waals surface area contributed by atoms with Crippen LogP contribution in [0.25, 0.3) is 33.5 Å². The number of amides is 1. The van der Waals surface area contributed by atoms with E-state index in [1.807, 2.05) is 4.90 Å².